The lowest BCUT2D eigenvalue weighted by molar-refractivity contribution is -0.141. The van der Waals surface area contributed by atoms with Crippen LogP contribution in [0.15, 0.2) is 48.5 Å². The van der Waals surface area contributed by atoms with Gasteiger partial charge in [-0.1, -0.05) is 32.9 Å². The molecular weight excluding hydrogens is 424 g/mol. The van der Waals surface area contributed by atoms with Crippen LogP contribution in [-0.2, 0) is 15.6 Å². The van der Waals surface area contributed by atoms with E-state index in [-0.39, 0.29) is 16.7 Å². The van der Waals surface area contributed by atoms with Crippen LogP contribution in [0.1, 0.15) is 45.0 Å². The first-order chi connectivity index (χ1) is 16.3. The van der Waals surface area contributed by atoms with Gasteiger partial charge in [-0.05, 0) is 54.7 Å². The fraction of sp³-hybridized carbons (Fsp3) is 0.464. The number of methoxy groups -OCH3 is 1. The number of aromatic nitrogens is 2. The molecule has 176 valence electrons. The molecule has 2 aromatic carbocycles. The SMILES string of the molecule is COc1ccc(N2CCN(C(=O)C34CCC(C)(c5nc6ccccc6nc53)C4(C)C)CC2)cc1. The summed E-state index contributed by atoms with van der Waals surface area (Å²) in [5.41, 5.74) is 3.91. The highest BCUT2D eigenvalue weighted by Gasteiger charge is 2.73. The van der Waals surface area contributed by atoms with Gasteiger partial charge in [-0.3, -0.25) is 4.79 Å². The molecule has 1 saturated carbocycles. The minimum Gasteiger partial charge on any atom is -0.497 e. The van der Waals surface area contributed by atoms with Gasteiger partial charge in [0.1, 0.15) is 5.75 Å². The molecular formula is C28H32N4O2. The van der Waals surface area contributed by atoms with E-state index in [1.54, 1.807) is 7.11 Å². The summed E-state index contributed by atoms with van der Waals surface area (Å²) in [6, 6.07) is 16.2. The minimum absolute atomic E-state index is 0.153. The van der Waals surface area contributed by atoms with E-state index in [0.29, 0.717) is 0 Å². The largest absolute Gasteiger partial charge is 0.497 e. The first kappa shape index (κ1) is 21.4. The molecule has 2 heterocycles. The van der Waals surface area contributed by atoms with Crippen LogP contribution in [0.2, 0.25) is 0 Å². The summed E-state index contributed by atoms with van der Waals surface area (Å²) in [6.07, 6.45) is 1.81. The van der Waals surface area contributed by atoms with E-state index in [4.69, 9.17) is 14.7 Å². The van der Waals surface area contributed by atoms with Crippen LogP contribution in [0.4, 0.5) is 5.69 Å². The van der Waals surface area contributed by atoms with Crippen molar-refractivity contribution in [3.05, 3.63) is 59.9 Å². The molecule has 2 atom stereocenters. The molecule has 6 heteroatoms. The predicted octanol–water partition coefficient (Wildman–Crippen LogP) is 4.32. The maximum Gasteiger partial charge on any atom is 0.235 e. The summed E-state index contributed by atoms with van der Waals surface area (Å²) in [5.74, 6) is 1.09. The van der Waals surface area contributed by atoms with Gasteiger partial charge in [-0.25, -0.2) is 9.97 Å². The van der Waals surface area contributed by atoms with Crippen molar-refractivity contribution >= 4 is 22.6 Å². The normalized spacial score (nSPS) is 27.2. The maximum absolute atomic E-state index is 14.4. The Morgan fingerprint density at radius 1 is 0.853 bits per heavy atom. The molecule has 6 rings (SSSR count). The van der Waals surface area contributed by atoms with Crippen molar-refractivity contribution in [3.63, 3.8) is 0 Å². The first-order valence-corrected chi connectivity index (χ1v) is 12.3. The number of carbonyl (C=O) groups is 1. The smallest absolute Gasteiger partial charge is 0.235 e. The van der Waals surface area contributed by atoms with Crippen molar-refractivity contribution in [3.8, 4) is 5.75 Å². The number of rotatable bonds is 3. The molecule has 34 heavy (non-hydrogen) atoms. The average Bonchev–Trinajstić information content (AvgIpc) is 3.17. The third-order valence-electron chi connectivity index (χ3n) is 9.31. The van der Waals surface area contributed by atoms with Gasteiger partial charge < -0.3 is 14.5 Å². The van der Waals surface area contributed by atoms with Gasteiger partial charge in [0, 0.05) is 37.3 Å². The fourth-order valence-corrected chi connectivity index (χ4v) is 6.75. The van der Waals surface area contributed by atoms with E-state index < -0.39 is 5.41 Å². The molecule has 0 N–H and O–H groups in total. The molecule has 0 radical (unpaired) electrons. The van der Waals surface area contributed by atoms with Gasteiger partial charge in [0.2, 0.25) is 5.91 Å². The molecule has 3 aliphatic rings. The van der Waals surface area contributed by atoms with E-state index in [1.807, 2.05) is 36.4 Å². The lowest BCUT2D eigenvalue weighted by Gasteiger charge is -2.44. The van der Waals surface area contributed by atoms with Crippen molar-refractivity contribution in [1.82, 2.24) is 14.9 Å². The molecule has 1 aromatic heterocycles. The molecule has 2 aliphatic carbocycles. The Balaban J connectivity index is 1.33. The average molecular weight is 457 g/mol. The Kier molecular flexibility index (Phi) is 4.51. The van der Waals surface area contributed by atoms with Gasteiger partial charge in [0.05, 0.1) is 34.9 Å². The Bertz CT molecular complexity index is 1280. The van der Waals surface area contributed by atoms with E-state index in [0.717, 1.165) is 67.2 Å². The lowest BCUT2D eigenvalue weighted by Crippen LogP contribution is -2.57. The number of ether oxygens (including phenoxy) is 1. The highest BCUT2D eigenvalue weighted by molar-refractivity contribution is 5.93. The molecule has 0 spiro atoms. The molecule has 2 fully saturated rings. The third kappa shape index (κ3) is 2.60. The van der Waals surface area contributed by atoms with Crippen molar-refractivity contribution in [2.24, 2.45) is 5.41 Å². The van der Waals surface area contributed by atoms with Crippen LogP contribution >= 0.6 is 0 Å². The Labute approximate surface area is 200 Å². The number of para-hydroxylation sites is 2. The van der Waals surface area contributed by atoms with E-state index in [2.05, 4.69) is 42.7 Å². The number of fused-ring (bicyclic) bond motifs is 6. The molecule has 6 nitrogen and oxygen atoms in total. The Morgan fingerprint density at radius 2 is 1.47 bits per heavy atom. The number of nitrogens with zero attached hydrogens (tertiary/aromatic N) is 4. The number of hydrogen-bond donors (Lipinski definition) is 0. The summed E-state index contributed by atoms with van der Waals surface area (Å²) >= 11 is 0. The molecule has 1 amide bonds. The minimum atomic E-state index is -0.615. The molecule has 2 bridgehead atoms. The van der Waals surface area contributed by atoms with Crippen LogP contribution in [0.5, 0.6) is 5.75 Å². The lowest BCUT2D eigenvalue weighted by atomic mass is 9.63. The van der Waals surface area contributed by atoms with Gasteiger partial charge in [0.25, 0.3) is 0 Å². The van der Waals surface area contributed by atoms with Crippen LogP contribution in [0, 0.1) is 5.41 Å². The summed E-state index contributed by atoms with van der Waals surface area (Å²) < 4.78 is 5.29. The van der Waals surface area contributed by atoms with Crippen molar-refractivity contribution in [1.29, 1.82) is 0 Å². The van der Waals surface area contributed by atoms with Gasteiger partial charge >= 0.3 is 0 Å². The van der Waals surface area contributed by atoms with E-state index >= 15 is 0 Å². The van der Waals surface area contributed by atoms with Crippen LogP contribution in [-0.4, -0.2) is 54.1 Å². The zero-order valence-electron chi connectivity index (χ0n) is 20.5. The first-order valence-electron chi connectivity index (χ1n) is 12.3. The third-order valence-corrected chi connectivity index (χ3v) is 9.31. The highest BCUT2D eigenvalue weighted by Crippen LogP contribution is 2.70. The van der Waals surface area contributed by atoms with Crippen LogP contribution in [0.25, 0.3) is 11.0 Å². The van der Waals surface area contributed by atoms with Crippen LogP contribution < -0.4 is 9.64 Å². The second-order valence-corrected chi connectivity index (χ2v) is 10.7. The molecule has 1 saturated heterocycles. The summed E-state index contributed by atoms with van der Waals surface area (Å²) in [4.78, 5) is 29.0. The Morgan fingerprint density at radius 3 is 2.09 bits per heavy atom. The van der Waals surface area contributed by atoms with E-state index in [1.165, 1.54) is 5.69 Å². The monoisotopic (exact) mass is 456 g/mol. The second kappa shape index (κ2) is 7.17. The van der Waals surface area contributed by atoms with Crippen molar-refractivity contribution < 1.29 is 9.53 Å². The van der Waals surface area contributed by atoms with Crippen molar-refractivity contribution in [2.75, 3.05) is 38.2 Å². The molecule has 2 unspecified atom stereocenters. The number of amides is 1. The van der Waals surface area contributed by atoms with Crippen molar-refractivity contribution in [2.45, 2.75) is 44.4 Å². The zero-order chi connectivity index (χ0) is 23.7. The van der Waals surface area contributed by atoms with Gasteiger partial charge in [-0.15, -0.1) is 0 Å². The quantitative estimate of drug-likeness (QED) is 0.588. The summed E-state index contributed by atoms with van der Waals surface area (Å²) in [6.45, 7) is 9.90. The maximum atomic E-state index is 14.4. The predicted molar refractivity (Wildman–Crippen MR) is 133 cm³/mol. The fourth-order valence-electron chi connectivity index (χ4n) is 6.75. The Hall–Kier alpha value is -3.15. The highest BCUT2D eigenvalue weighted by atomic mass is 16.5. The number of anilines is 1. The van der Waals surface area contributed by atoms with Gasteiger partial charge in [-0.2, -0.15) is 0 Å². The number of hydrogen-bond acceptors (Lipinski definition) is 5. The van der Waals surface area contributed by atoms with E-state index in [9.17, 15) is 4.79 Å². The standard InChI is InChI=1S/C28H32N4O2/c1-26(2)27(3)13-14-28(26,24-23(27)29-21-7-5-6-8-22(21)30-24)25(33)32-17-15-31(16-18-32)19-9-11-20(34-4)12-10-19/h5-12H,13-18H2,1-4H3. The summed E-state index contributed by atoms with van der Waals surface area (Å²) in [7, 11) is 1.68. The molecule has 1 aliphatic heterocycles. The number of carbonyl (C=O) groups excluding carboxylic acids is 1. The zero-order valence-corrected chi connectivity index (χ0v) is 20.5. The molecule has 3 aromatic rings. The second-order valence-electron chi connectivity index (χ2n) is 10.7. The van der Waals surface area contributed by atoms with Gasteiger partial charge in [0.15, 0.2) is 0 Å². The summed E-state index contributed by atoms with van der Waals surface area (Å²) in [5, 5.41) is 0. The topological polar surface area (TPSA) is 58.6 Å². The van der Waals surface area contributed by atoms with Crippen LogP contribution in [0.3, 0.4) is 0 Å². The number of piperazine rings is 1. The number of benzene rings is 2.